The van der Waals surface area contributed by atoms with E-state index in [1.807, 2.05) is 24.3 Å². The van der Waals surface area contributed by atoms with Crippen LogP contribution in [0, 0.1) is 0 Å². The Morgan fingerprint density at radius 3 is 2.68 bits per heavy atom. The molecule has 2 rings (SSSR count). The van der Waals surface area contributed by atoms with Crippen LogP contribution in [0.1, 0.15) is 48.4 Å². The first-order valence-electron chi connectivity index (χ1n) is 7.27. The second-order valence-corrected chi connectivity index (χ2v) is 5.25. The smallest absolute Gasteiger partial charge is 0.276 e. The van der Waals surface area contributed by atoms with Crippen molar-refractivity contribution in [2.45, 2.75) is 33.2 Å². The zero-order chi connectivity index (χ0) is 15.2. The van der Waals surface area contributed by atoms with Gasteiger partial charge in [0.2, 0.25) is 0 Å². The summed E-state index contributed by atoms with van der Waals surface area (Å²) in [6.45, 7) is 7.78. The molecule has 6 heteroatoms. The van der Waals surface area contributed by atoms with Crippen LogP contribution in [-0.2, 0) is 6.54 Å². The van der Waals surface area contributed by atoms with Gasteiger partial charge in [0.1, 0.15) is 0 Å². The molecule has 0 aliphatic heterocycles. The summed E-state index contributed by atoms with van der Waals surface area (Å²) in [7, 11) is 0. The molecule has 3 N–H and O–H groups in total. The maximum Gasteiger partial charge on any atom is 0.276 e. The van der Waals surface area contributed by atoms with Crippen LogP contribution in [0.5, 0.6) is 0 Å². The van der Waals surface area contributed by atoms with Crippen molar-refractivity contribution in [2.75, 3.05) is 11.9 Å². The Bertz CT molecular complexity index is 610. The number of para-hydroxylation sites is 1. The number of hydrogen-bond donors (Lipinski definition) is 3. The van der Waals surface area contributed by atoms with Gasteiger partial charge < -0.3 is 10.6 Å². The molecule has 0 radical (unpaired) electrons. The number of nitrogens with zero attached hydrogens (tertiary/aromatic N) is 1. The van der Waals surface area contributed by atoms with Gasteiger partial charge in [0.05, 0.1) is 0 Å². The highest BCUT2D eigenvalue weighted by Crippen LogP contribution is 2.17. The largest absolute Gasteiger partial charge is 0.320 e. The molecule has 0 spiro atoms. The molecule has 0 bridgehead atoms. The van der Waals surface area contributed by atoms with E-state index in [9.17, 15) is 4.79 Å². The Morgan fingerprint density at radius 1 is 1.32 bits per heavy atom. The molecule has 0 aliphatic carbocycles. The van der Waals surface area contributed by atoms with Gasteiger partial charge >= 0.3 is 0 Å². The number of hydrogen-bond acceptors (Lipinski definition) is 3. The van der Waals surface area contributed by atoms with Gasteiger partial charge in [0.25, 0.3) is 5.91 Å². The minimum absolute atomic E-state index is 0. The lowest BCUT2D eigenvalue weighted by molar-refractivity contribution is 0.102. The lowest BCUT2D eigenvalue weighted by Gasteiger charge is -2.10. The maximum absolute atomic E-state index is 12.3. The lowest BCUT2D eigenvalue weighted by Crippen LogP contribution is -2.17. The normalized spacial score (nSPS) is 10.4. The predicted molar refractivity (Wildman–Crippen MR) is 91.7 cm³/mol. The molecular formula is C16H23ClN4O. The van der Waals surface area contributed by atoms with E-state index in [-0.39, 0.29) is 18.3 Å². The van der Waals surface area contributed by atoms with E-state index in [0.29, 0.717) is 11.6 Å². The van der Waals surface area contributed by atoms with Crippen LogP contribution in [-0.4, -0.2) is 22.6 Å². The monoisotopic (exact) mass is 322 g/mol. The average Bonchev–Trinajstić information content (AvgIpc) is 2.96. The molecule has 5 nitrogen and oxygen atoms in total. The van der Waals surface area contributed by atoms with Crippen LogP contribution in [0.4, 0.5) is 5.69 Å². The van der Waals surface area contributed by atoms with Gasteiger partial charge in [-0.3, -0.25) is 9.89 Å². The highest BCUT2D eigenvalue weighted by atomic mass is 35.5. The Hall–Kier alpha value is -1.85. The van der Waals surface area contributed by atoms with Gasteiger partial charge in [0.15, 0.2) is 5.69 Å². The van der Waals surface area contributed by atoms with Gasteiger partial charge in [-0.15, -0.1) is 12.4 Å². The summed E-state index contributed by atoms with van der Waals surface area (Å²) < 4.78 is 0. The number of nitrogens with one attached hydrogen (secondary N) is 3. The molecule has 22 heavy (non-hydrogen) atoms. The molecular weight excluding hydrogens is 300 g/mol. The van der Waals surface area contributed by atoms with Crippen molar-refractivity contribution in [1.29, 1.82) is 0 Å². The van der Waals surface area contributed by atoms with Gasteiger partial charge in [0, 0.05) is 17.9 Å². The minimum Gasteiger partial charge on any atom is -0.320 e. The van der Waals surface area contributed by atoms with E-state index in [2.05, 4.69) is 41.6 Å². The van der Waals surface area contributed by atoms with E-state index in [4.69, 9.17) is 0 Å². The van der Waals surface area contributed by atoms with Gasteiger partial charge in [-0.1, -0.05) is 39.0 Å². The summed E-state index contributed by atoms with van der Waals surface area (Å²) in [5, 5.41) is 13.2. The van der Waals surface area contributed by atoms with Crippen molar-refractivity contribution in [3.8, 4) is 0 Å². The van der Waals surface area contributed by atoms with E-state index in [1.54, 1.807) is 6.07 Å². The van der Waals surface area contributed by atoms with E-state index in [1.165, 1.54) is 0 Å². The molecule has 0 fully saturated rings. The van der Waals surface area contributed by atoms with Crippen molar-refractivity contribution in [3.63, 3.8) is 0 Å². The fourth-order valence-corrected chi connectivity index (χ4v) is 1.99. The van der Waals surface area contributed by atoms with Crippen molar-refractivity contribution in [2.24, 2.45) is 0 Å². The molecule has 0 unspecified atom stereocenters. The second kappa shape index (κ2) is 8.56. The first-order valence-corrected chi connectivity index (χ1v) is 7.27. The molecule has 2 aromatic rings. The van der Waals surface area contributed by atoms with Crippen LogP contribution >= 0.6 is 12.4 Å². The van der Waals surface area contributed by atoms with Crippen LogP contribution < -0.4 is 10.6 Å². The Kier molecular flexibility index (Phi) is 7.08. The zero-order valence-corrected chi connectivity index (χ0v) is 14.0. The van der Waals surface area contributed by atoms with Crippen molar-refractivity contribution >= 4 is 24.0 Å². The number of carbonyl (C=O) groups is 1. The second-order valence-electron chi connectivity index (χ2n) is 5.25. The first kappa shape index (κ1) is 18.2. The third-order valence-electron chi connectivity index (χ3n) is 3.28. The number of benzene rings is 1. The van der Waals surface area contributed by atoms with Crippen molar-refractivity contribution in [3.05, 3.63) is 47.3 Å². The number of halogens is 1. The quantitative estimate of drug-likeness (QED) is 0.764. The number of aromatic nitrogens is 2. The van der Waals surface area contributed by atoms with E-state index in [0.717, 1.165) is 30.0 Å². The lowest BCUT2D eigenvalue weighted by atomic mass is 10.1. The summed E-state index contributed by atoms with van der Waals surface area (Å²) in [5.41, 5.74) is 3.25. The molecule has 0 saturated carbocycles. The van der Waals surface area contributed by atoms with Crippen molar-refractivity contribution in [1.82, 2.24) is 15.5 Å². The predicted octanol–water partition coefficient (Wildman–Crippen LogP) is 3.32. The third kappa shape index (κ3) is 4.58. The summed E-state index contributed by atoms with van der Waals surface area (Å²) in [5.74, 6) is 0.127. The fraction of sp³-hybridized carbons (Fsp3) is 0.375. The van der Waals surface area contributed by atoms with E-state index >= 15 is 0 Å². The number of aromatic amines is 1. The number of carbonyl (C=O) groups excluding carboxylic acids is 1. The number of rotatable bonds is 6. The van der Waals surface area contributed by atoms with Crippen LogP contribution in [0.2, 0.25) is 0 Å². The first-order chi connectivity index (χ1) is 10.1. The van der Waals surface area contributed by atoms with Crippen LogP contribution in [0.3, 0.4) is 0 Å². The van der Waals surface area contributed by atoms with Gasteiger partial charge in [-0.25, -0.2) is 0 Å². The highest BCUT2D eigenvalue weighted by Gasteiger charge is 2.13. The number of amides is 1. The highest BCUT2D eigenvalue weighted by molar-refractivity contribution is 6.03. The average molecular weight is 323 g/mol. The third-order valence-corrected chi connectivity index (χ3v) is 3.28. The molecule has 1 aromatic heterocycles. The molecule has 120 valence electrons. The Morgan fingerprint density at radius 2 is 2.05 bits per heavy atom. The SMILES string of the molecule is CCNCc1ccccc1NC(=O)c1cc(C(C)C)[nH]n1.Cl. The topological polar surface area (TPSA) is 69.8 Å². The summed E-state index contributed by atoms with van der Waals surface area (Å²) >= 11 is 0. The Labute approximate surface area is 137 Å². The van der Waals surface area contributed by atoms with Crippen LogP contribution in [0.25, 0.3) is 0 Å². The van der Waals surface area contributed by atoms with E-state index < -0.39 is 0 Å². The minimum atomic E-state index is -0.193. The molecule has 0 aliphatic rings. The molecule has 1 amide bonds. The maximum atomic E-state index is 12.3. The van der Waals surface area contributed by atoms with Gasteiger partial charge in [-0.05, 0) is 30.2 Å². The summed E-state index contributed by atoms with van der Waals surface area (Å²) in [4.78, 5) is 12.3. The summed E-state index contributed by atoms with van der Waals surface area (Å²) in [6, 6.07) is 9.58. The molecule has 1 heterocycles. The van der Waals surface area contributed by atoms with Crippen molar-refractivity contribution < 1.29 is 4.79 Å². The standard InChI is InChI=1S/C16H22N4O.ClH/c1-4-17-10-12-7-5-6-8-13(12)18-16(21)15-9-14(11(2)3)19-20-15;/h5-9,11,17H,4,10H2,1-3H3,(H,18,21)(H,19,20);1H. The molecule has 0 atom stereocenters. The Balaban J connectivity index is 0.00000242. The molecule has 1 aromatic carbocycles. The number of anilines is 1. The van der Waals surface area contributed by atoms with Crippen LogP contribution in [0.15, 0.2) is 30.3 Å². The summed E-state index contributed by atoms with van der Waals surface area (Å²) in [6.07, 6.45) is 0. The number of H-pyrrole nitrogens is 1. The van der Waals surface area contributed by atoms with Gasteiger partial charge in [-0.2, -0.15) is 5.10 Å². The fourth-order valence-electron chi connectivity index (χ4n) is 1.99. The zero-order valence-electron chi connectivity index (χ0n) is 13.1. The molecule has 0 saturated heterocycles.